The van der Waals surface area contributed by atoms with E-state index in [1.54, 1.807) is 18.2 Å². The molecule has 0 radical (unpaired) electrons. The average molecular weight is 420 g/mol. The lowest BCUT2D eigenvalue weighted by atomic mass is 9.94. The zero-order chi connectivity index (χ0) is 22.0. The van der Waals surface area contributed by atoms with E-state index in [2.05, 4.69) is 29.7 Å². The fourth-order valence-electron chi connectivity index (χ4n) is 4.50. The third-order valence-electron chi connectivity index (χ3n) is 6.35. The summed E-state index contributed by atoms with van der Waals surface area (Å²) in [5.74, 6) is -0.465. The number of aryl methyl sites for hydroxylation is 1. The smallest absolute Gasteiger partial charge is 0.319 e. The molecule has 2 aromatic carbocycles. The van der Waals surface area contributed by atoms with E-state index in [-0.39, 0.29) is 29.9 Å². The normalized spacial score (nSPS) is 17.4. The number of hydrogen-bond acceptors (Lipinski definition) is 3. The first kappa shape index (κ1) is 21.1. The quantitative estimate of drug-likeness (QED) is 0.665. The highest BCUT2D eigenvalue weighted by Gasteiger charge is 2.40. The number of anilines is 1. The lowest BCUT2D eigenvalue weighted by Gasteiger charge is -2.29. The van der Waals surface area contributed by atoms with Crippen molar-refractivity contribution in [3.8, 4) is 0 Å². The van der Waals surface area contributed by atoms with Gasteiger partial charge in [-0.25, -0.2) is 4.79 Å². The van der Waals surface area contributed by atoms with Gasteiger partial charge in [0.05, 0.1) is 17.2 Å². The Labute approximate surface area is 183 Å². The third-order valence-corrected chi connectivity index (χ3v) is 6.35. The van der Waals surface area contributed by atoms with Gasteiger partial charge < -0.3 is 10.6 Å². The van der Waals surface area contributed by atoms with Gasteiger partial charge in [0.2, 0.25) is 0 Å². The van der Waals surface area contributed by atoms with Gasteiger partial charge in [-0.3, -0.25) is 14.5 Å². The first-order chi connectivity index (χ1) is 15.0. The Hall–Kier alpha value is -3.15. The maximum absolute atomic E-state index is 12.9. The van der Waals surface area contributed by atoms with Gasteiger partial charge in [-0.1, -0.05) is 50.5 Å². The lowest BCUT2D eigenvalue weighted by molar-refractivity contribution is 0.0549. The van der Waals surface area contributed by atoms with Crippen LogP contribution in [-0.2, 0) is 6.42 Å². The number of imide groups is 1. The van der Waals surface area contributed by atoms with Crippen LogP contribution in [0.25, 0.3) is 0 Å². The molecule has 1 heterocycles. The summed E-state index contributed by atoms with van der Waals surface area (Å²) in [7, 11) is 0. The van der Waals surface area contributed by atoms with E-state index in [9.17, 15) is 14.4 Å². The van der Waals surface area contributed by atoms with Gasteiger partial charge in [0.15, 0.2) is 0 Å². The number of carbonyl (C=O) groups excluding carboxylic acids is 3. The Morgan fingerprint density at radius 3 is 2.35 bits per heavy atom. The van der Waals surface area contributed by atoms with E-state index in [1.807, 2.05) is 19.1 Å². The van der Waals surface area contributed by atoms with E-state index in [0.717, 1.165) is 44.1 Å². The van der Waals surface area contributed by atoms with Gasteiger partial charge in [-0.15, -0.1) is 0 Å². The van der Waals surface area contributed by atoms with Crippen LogP contribution in [0.2, 0.25) is 0 Å². The predicted molar refractivity (Wildman–Crippen MR) is 120 cm³/mol. The second kappa shape index (κ2) is 8.92. The van der Waals surface area contributed by atoms with Crippen molar-refractivity contribution in [1.82, 2.24) is 10.2 Å². The molecule has 2 N–H and O–H groups in total. The maximum atomic E-state index is 12.9. The molecule has 0 spiro atoms. The number of amides is 4. The van der Waals surface area contributed by atoms with Crippen molar-refractivity contribution >= 4 is 23.5 Å². The molecule has 4 amide bonds. The van der Waals surface area contributed by atoms with Gasteiger partial charge in [0.25, 0.3) is 11.8 Å². The molecule has 2 aromatic rings. The molecule has 1 aliphatic heterocycles. The molecule has 162 valence electrons. The largest absolute Gasteiger partial charge is 0.331 e. The van der Waals surface area contributed by atoms with Crippen molar-refractivity contribution in [3.05, 3.63) is 64.7 Å². The Balaban J connectivity index is 1.42. The van der Waals surface area contributed by atoms with Crippen LogP contribution in [0.15, 0.2) is 42.5 Å². The van der Waals surface area contributed by atoms with Gasteiger partial charge in [0.1, 0.15) is 0 Å². The van der Waals surface area contributed by atoms with Gasteiger partial charge in [-0.05, 0) is 55.5 Å². The molecule has 1 atom stereocenters. The molecule has 4 rings (SSSR count). The molecule has 0 saturated heterocycles. The second-order valence-electron chi connectivity index (χ2n) is 8.45. The number of benzene rings is 2. The zero-order valence-corrected chi connectivity index (χ0v) is 18.1. The molecular formula is C25H29N3O3. The molecule has 1 fully saturated rings. The summed E-state index contributed by atoms with van der Waals surface area (Å²) in [6.07, 6.45) is 5.96. The van der Waals surface area contributed by atoms with Crippen LogP contribution in [0.5, 0.6) is 0 Å². The van der Waals surface area contributed by atoms with Crippen LogP contribution >= 0.6 is 0 Å². The first-order valence-electron chi connectivity index (χ1n) is 11.2. The summed E-state index contributed by atoms with van der Waals surface area (Å²) in [6.45, 7) is 4.03. The Bertz CT molecular complexity index is 994. The lowest BCUT2D eigenvalue weighted by Crippen LogP contribution is -2.40. The number of hydrogen-bond donors (Lipinski definition) is 2. The zero-order valence-electron chi connectivity index (χ0n) is 18.1. The van der Waals surface area contributed by atoms with Crippen molar-refractivity contribution in [2.45, 2.75) is 64.5 Å². The maximum Gasteiger partial charge on any atom is 0.319 e. The fourth-order valence-corrected chi connectivity index (χ4v) is 4.50. The summed E-state index contributed by atoms with van der Waals surface area (Å²) in [5.41, 5.74) is 3.56. The van der Waals surface area contributed by atoms with E-state index in [4.69, 9.17) is 0 Å². The van der Waals surface area contributed by atoms with Crippen molar-refractivity contribution in [3.63, 3.8) is 0 Å². The first-order valence-corrected chi connectivity index (χ1v) is 11.2. The van der Waals surface area contributed by atoms with E-state index in [1.165, 1.54) is 10.5 Å². The summed E-state index contributed by atoms with van der Waals surface area (Å²) in [4.78, 5) is 39.6. The number of rotatable bonds is 5. The van der Waals surface area contributed by atoms with Crippen LogP contribution in [0.3, 0.4) is 0 Å². The summed E-state index contributed by atoms with van der Waals surface area (Å²) in [5, 5.41) is 5.71. The number of nitrogens with one attached hydrogen (secondary N) is 2. The number of urea groups is 1. The minimum absolute atomic E-state index is 0.0131. The summed E-state index contributed by atoms with van der Waals surface area (Å²) in [6, 6.07) is 12.6. The van der Waals surface area contributed by atoms with E-state index >= 15 is 0 Å². The van der Waals surface area contributed by atoms with Crippen LogP contribution in [0.1, 0.15) is 83.8 Å². The predicted octanol–water partition coefficient (Wildman–Crippen LogP) is 5.06. The van der Waals surface area contributed by atoms with Crippen LogP contribution in [0, 0.1) is 0 Å². The molecule has 1 unspecified atom stereocenters. The Morgan fingerprint density at radius 1 is 1.00 bits per heavy atom. The SMILES string of the molecule is CCc1ccc(C(C)NC(=O)Nc2ccc3c(c2)C(=O)N(C2CCCCC2)C3=O)cc1. The van der Waals surface area contributed by atoms with Crippen LogP contribution in [0.4, 0.5) is 10.5 Å². The van der Waals surface area contributed by atoms with Crippen molar-refractivity contribution in [1.29, 1.82) is 0 Å². The number of carbonyl (C=O) groups is 3. The van der Waals surface area contributed by atoms with E-state index < -0.39 is 0 Å². The van der Waals surface area contributed by atoms with Crippen molar-refractivity contribution < 1.29 is 14.4 Å². The minimum Gasteiger partial charge on any atom is -0.331 e. The van der Waals surface area contributed by atoms with Crippen molar-refractivity contribution in [2.24, 2.45) is 0 Å². The Kier molecular flexibility index (Phi) is 6.07. The molecule has 6 heteroatoms. The third kappa shape index (κ3) is 4.33. The molecule has 1 aliphatic carbocycles. The molecule has 0 aromatic heterocycles. The monoisotopic (exact) mass is 419 g/mol. The molecular weight excluding hydrogens is 390 g/mol. The topological polar surface area (TPSA) is 78.5 Å². The molecule has 1 saturated carbocycles. The fraction of sp³-hybridized carbons (Fsp3) is 0.400. The molecule has 0 bridgehead atoms. The highest BCUT2D eigenvalue weighted by molar-refractivity contribution is 6.22. The van der Waals surface area contributed by atoms with Crippen LogP contribution < -0.4 is 10.6 Å². The van der Waals surface area contributed by atoms with Gasteiger partial charge in [-0.2, -0.15) is 0 Å². The molecule has 2 aliphatic rings. The number of fused-ring (bicyclic) bond motifs is 1. The summed E-state index contributed by atoms with van der Waals surface area (Å²) >= 11 is 0. The summed E-state index contributed by atoms with van der Waals surface area (Å²) < 4.78 is 0. The van der Waals surface area contributed by atoms with Crippen LogP contribution in [-0.4, -0.2) is 28.8 Å². The highest BCUT2D eigenvalue weighted by Crippen LogP contribution is 2.32. The van der Waals surface area contributed by atoms with Gasteiger partial charge in [0, 0.05) is 11.7 Å². The molecule has 31 heavy (non-hydrogen) atoms. The van der Waals surface area contributed by atoms with Crippen molar-refractivity contribution in [2.75, 3.05) is 5.32 Å². The molecule has 6 nitrogen and oxygen atoms in total. The average Bonchev–Trinajstić information content (AvgIpc) is 3.03. The number of nitrogens with zero attached hydrogens (tertiary/aromatic N) is 1. The van der Waals surface area contributed by atoms with E-state index in [0.29, 0.717) is 16.8 Å². The highest BCUT2D eigenvalue weighted by atomic mass is 16.2. The van der Waals surface area contributed by atoms with Gasteiger partial charge >= 0.3 is 6.03 Å². The minimum atomic E-state index is -0.354. The second-order valence-corrected chi connectivity index (χ2v) is 8.45. The Morgan fingerprint density at radius 2 is 1.68 bits per heavy atom. The standard InChI is InChI=1S/C25H29N3O3/c1-3-17-9-11-18(12-10-17)16(2)26-25(31)27-19-13-14-21-22(15-19)24(30)28(23(21)29)20-7-5-4-6-8-20/h9-16,20H,3-8H2,1-2H3,(H2,26,27,31).